The zero-order chi connectivity index (χ0) is 10.1. The highest BCUT2D eigenvalue weighted by atomic mass is 14.7. The molecule has 0 bridgehead atoms. The summed E-state index contributed by atoms with van der Waals surface area (Å²) in [5.74, 6) is 0. The quantitative estimate of drug-likeness (QED) is 0.677. The standard InChI is InChI=1S/C11H7N3/c1-7-4-8-2-3-14-11(8)10(6-13)9(7)5-12/h2-4,14H,1H3. The third-order valence-electron chi connectivity index (χ3n) is 2.27. The molecular weight excluding hydrogens is 174 g/mol. The van der Waals surface area contributed by atoms with Crippen LogP contribution in [0.4, 0.5) is 0 Å². The minimum atomic E-state index is 0.438. The first-order valence-corrected chi connectivity index (χ1v) is 4.19. The van der Waals surface area contributed by atoms with Crippen LogP contribution in [-0.2, 0) is 0 Å². The van der Waals surface area contributed by atoms with Gasteiger partial charge in [0.05, 0.1) is 16.6 Å². The Morgan fingerprint density at radius 2 is 1.93 bits per heavy atom. The van der Waals surface area contributed by atoms with Gasteiger partial charge in [0, 0.05) is 11.6 Å². The molecule has 3 heteroatoms. The Morgan fingerprint density at radius 1 is 1.21 bits per heavy atom. The molecule has 1 aromatic carbocycles. The monoisotopic (exact) mass is 181 g/mol. The number of nitrogens with one attached hydrogen (secondary N) is 1. The number of benzene rings is 1. The first kappa shape index (κ1) is 8.34. The number of aromatic nitrogens is 1. The molecule has 0 atom stereocenters. The highest BCUT2D eigenvalue weighted by Crippen LogP contribution is 2.23. The van der Waals surface area contributed by atoms with Gasteiger partial charge in [-0.1, -0.05) is 0 Å². The minimum absolute atomic E-state index is 0.438. The highest BCUT2D eigenvalue weighted by Gasteiger charge is 2.10. The van der Waals surface area contributed by atoms with Crippen molar-refractivity contribution in [3.8, 4) is 12.1 Å². The minimum Gasteiger partial charge on any atom is -0.360 e. The molecule has 0 aliphatic carbocycles. The summed E-state index contributed by atoms with van der Waals surface area (Å²) in [6, 6.07) is 7.92. The van der Waals surface area contributed by atoms with E-state index in [0.29, 0.717) is 11.1 Å². The van der Waals surface area contributed by atoms with E-state index in [-0.39, 0.29) is 0 Å². The van der Waals surface area contributed by atoms with E-state index in [4.69, 9.17) is 10.5 Å². The maximum absolute atomic E-state index is 8.97. The fourth-order valence-electron chi connectivity index (χ4n) is 1.60. The molecule has 0 fully saturated rings. The number of fused-ring (bicyclic) bond motifs is 1. The normalized spacial score (nSPS) is 9.64. The van der Waals surface area contributed by atoms with Gasteiger partial charge in [0.2, 0.25) is 0 Å². The van der Waals surface area contributed by atoms with Crippen LogP contribution in [-0.4, -0.2) is 4.98 Å². The third-order valence-corrected chi connectivity index (χ3v) is 2.27. The molecule has 1 aromatic heterocycles. The summed E-state index contributed by atoms with van der Waals surface area (Å²) >= 11 is 0. The first-order valence-electron chi connectivity index (χ1n) is 4.19. The number of nitriles is 2. The van der Waals surface area contributed by atoms with Crippen molar-refractivity contribution in [2.45, 2.75) is 6.92 Å². The zero-order valence-electron chi connectivity index (χ0n) is 7.63. The molecule has 0 spiro atoms. The second-order valence-corrected chi connectivity index (χ2v) is 3.11. The van der Waals surface area contributed by atoms with E-state index >= 15 is 0 Å². The van der Waals surface area contributed by atoms with Crippen molar-refractivity contribution in [2.24, 2.45) is 0 Å². The molecule has 2 rings (SSSR count). The molecule has 3 nitrogen and oxygen atoms in total. The van der Waals surface area contributed by atoms with Crippen LogP contribution >= 0.6 is 0 Å². The number of nitrogens with zero attached hydrogens (tertiary/aromatic N) is 2. The number of aryl methyl sites for hydroxylation is 1. The van der Waals surface area contributed by atoms with Crippen molar-refractivity contribution >= 4 is 10.9 Å². The summed E-state index contributed by atoms with van der Waals surface area (Å²) < 4.78 is 0. The maximum Gasteiger partial charge on any atom is 0.103 e. The summed E-state index contributed by atoms with van der Waals surface area (Å²) in [5, 5.41) is 18.9. The molecule has 0 radical (unpaired) electrons. The van der Waals surface area contributed by atoms with E-state index in [1.54, 1.807) is 6.20 Å². The summed E-state index contributed by atoms with van der Waals surface area (Å²) in [4.78, 5) is 2.97. The fraction of sp³-hybridized carbons (Fsp3) is 0.0909. The predicted molar refractivity (Wildman–Crippen MR) is 52.5 cm³/mol. The Hall–Kier alpha value is -2.26. The van der Waals surface area contributed by atoms with Crippen LogP contribution in [0, 0.1) is 29.6 Å². The van der Waals surface area contributed by atoms with E-state index in [0.717, 1.165) is 16.5 Å². The van der Waals surface area contributed by atoms with Crippen LogP contribution in [0.3, 0.4) is 0 Å². The zero-order valence-corrected chi connectivity index (χ0v) is 7.63. The van der Waals surface area contributed by atoms with E-state index in [9.17, 15) is 0 Å². The van der Waals surface area contributed by atoms with E-state index in [1.807, 2.05) is 19.1 Å². The molecule has 0 amide bonds. The SMILES string of the molecule is Cc1cc2cc[nH]c2c(C#N)c1C#N. The molecule has 0 saturated heterocycles. The number of rotatable bonds is 0. The first-order chi connectivity index (χ1) is 6.77. The third kappa shape index (κ3) is 0.967. The Balaban J connectivity index is 3.00. The summed E-state index contributed by atoms with van der Waals surface area (Å²) in [7, 11) is 0. The second-order valence-electron chi connectivity index (χ2n) is 3.11. The van der Waals surface area contributed by atoms with Crippen LogP contribution < -0.4 is 0 Å². The van der Waals surface area contributed by atoms with Crippen LogP contribution in [0.25, 0.3) is 10.9 Å². The maximum atomic E-state index is 8.97. The molecule has 1 heterocycles. The Labute approximate surface area is 81.2 Å². The van der Waals surface area contributed by atoms with Gasteiger partial charge in [-0.3, -0.25) is 0 Å². The van der Waals surface area contributed by atoms with Crippen molar-refractivity contribution in [1.29, 1.82) is 10.5 Å². The molecule has 66 valence electrons. The van der Waals surface area contributed by atoms with Crippen LogP contribution in [0.1, 0.15) is 16.7 Å². The lowest BCUT2D eigenvalue weighted by atomic mass is 10.0. The summed E-state index contributed by atoms with van der Waals surface area (Å²) in [5.41, 5.74) is 2.49. The Bertz CT molecular complexity index is 579. The van der Waals surface area contributed by atoms with E-state index in [1.165, 1.54) is 0 Å². The van der Waals surface area contributed by atoms with Gasteiger partial charge in [-0.2, -0.15) is 10.5 Å². The highest BCUT2D eigenvalue weighted by molar-refractivity contribution is 5.88. The average molecular weight is 181 g/mol. The van der Waals surface area contributed by atoms with Gasteiger partial charge < -0.3 is 4.98 Å². The van der Waals surface area contributed by atoms with Crippen LogP contribution in [0.2, 0.25) is 0 Å². The van der Waals surface area contributed by atoms with Gasteiger partial charge in [0.1, 0.15) is 12.1 Å². The van der Waals surface area contributed by atoms with Crippen molar-refractivity contribution in [3.63, 3.8) is 0 Å². The van der Waals surface area contributed by atoms with Gasteiger partial charge in [0.15, 0.2) is 0 Å². The van der Waals surface area contributed by atoms with Crippen LogP contribution in [0.5, 0.6) is 0 Å². The molecule has 2 aromatic rings. The Kier molecular flexibility index (Phi) is 1.73. The fourth-order valence-corrected chi connectivity index (χ4v) is 1.60. The van der Waals surface area contributed by atoms with Gasteiger partial charge in [-0.15, -0.1) is 0 Å². The average Bonchev–Trinajstić information content (AvgIpc) is 2.62. The van der Waals surface area contributed by atoms with Crippen LogP contribution in [0.15, 0.2) is 18.3 Å². The molecule has 0 unspecified atom stereocenters. The van der Waals surface area contributed by atoms with Gasteiger partial charge in [0.25, 0.3) is 0 Å². The molecule has 0 aliphatic heterocycles. The van der Waals surface area contributed by atoms with Gasteiger partial charge in [-0.25, -0.2) is 0 Å². The van der Waals surface area contributed by atoms with Crippen molar-refractivity contribution in [3.05, 3.63) is 35.0 Å². The number of aromatic amines is 1. The van der Waals surface area contributed by atoms with Crippen molar-refractivity contribution in [1.82, 2.24) is 4.98 Å². The number of H-pyrrole nitrogens is 1. The lowest BCUT2D eigenvalue weighted by Gasteiger charge is -2.00. The summed E-state index contributed by atoms with van der Waals surface area (Å²) in [6.45, 7) is 1.84. The second kappa shape index (κ2) is 2.90. The molecular formula is C11H7N3. The van der Waals surface area contributed by atoms with Crippen molar-refractivity contribution < 1.29 is 0 Å². The lowest BCUT2D eigenvalue weighted by molar-refractivity contribution is 1.36. The van der Waals surface area contributed by atoms with Gasteiger partial charge in [-0.05, 0) is 24.6 Å². The number of hydrogen-bond acceptors (Lipinski definition) is 2. The lowest BCUT2D eigenvalue weighted by Crippen LogP contribution is -1.90. The smallest absolute Gasteiger partial charge is 0.103 e. The summed E-state index contributed by atoms with van der Waals surface area (Å²) in [6.07, 6.45) is 1.77. The topological polar surface area (TPSA) is 63.4 Å². The molecule has 1 N–H and O–H groups in total. The van der Waals surface area contributed by atoms with Crippen molar-refractivity contribution in [2.75, 3.05) is 0 Å². The van der Waals surface area contributed by atoms with Gasteiger partial charge >= 0.3 is 0 Å². The predicted octanol–water partition coefficient (Wildman–Crippen LogP) is 2.22. The largest absolute Gasteiger partial charge is 0.360 e. The molecule has 0 saturated carbocycles. The van der Waals surface area contributed by atoms with E-state index in [2.05, 4.69) is 17.1 Å². The molecule has 14 heavy (non-hydrogen) atoms. The number of hydrogen-bond donors (Lipinski definition) is 1. The van der Waals surface area contributed by atoms with E-state index < -0.39 is 0 Å². The molecule has 0 aliphatic rings. The Morgan fingerprint density at radius 3 is 2.57 bits per heavy atom.